The highest BCUT2D eigenvalue weighted by Gasteiger charge is 2.30. The number of ether oxygens (including phenoxy) is 1. The minimum atomic E-state index is 0.211. The molecule has 4 rings (SSSR count). The van der Waals surface area contributed by atoms with Crippen LogP contribution in [0.3, 0.4) is 0 Å². The zero-order valence-electron chi connectivity index (χ0n) is 16.5. The van der Waals surface area contributed by atoms with Crippen LogP contribution in [0.2, 0.25) is 0 Å². The van der Waals surface area contributed by atoms with E-state index in [-0.39, 0.29) is 5.76 Å². The third-order valence-electron chi connectivity index (χ3n) is 5.08. The fraction of sp³-hybridized carbons (Fsp3) is 0.217. The number of aryl methyl sites for hydroxylation is 1. The Bertz CT molecular complexity index is 1070. The Kier molecular flexibility index (Phi) is 5.36. The Balaban J connectivity index is 1.53. The summed E-state index contributed by atoms with van der Waals surface area (Å²) in [7, 11) is 1.66. The van der Waals surface area contributed by atoms with Crippen LogP contribution < -0.4 is 4.74 Å². The first-order valence-electron chi connectivity index (χ1n) is 9.49. The number of nitrogens with zero attached hydrogens (tertiary/aromatic N) is 2. The molecule has 2 heterocycles. The Morgan fingerprint density at radius 3 is 2.62 bits per heavy atom. The number of hydrogen-bond donors (Lipinski definition) is 2. The van der Waals surface area contributed by atoms with Gasteiger partial charge in [-0.15, -0.1) is 11.3 Å². The molecule has 148 valence electrons. The third-order valence-corrected chi connectivity index (χ3v) is 6.07. The molecule has 5 nitrogen and oxygen atoms in total. The number of aliphatic hydroxyl groups is 1. The van der Waals surface area contributed by atoms with E-state index in [4.69, 9.17) is 15.1 Å². The molecule has 0 aliphatic carbocycles. The number of para-hydroxylation sites is 1. The molecule has 0 bridgehead atoms. The van der Waals surface area contributed by atoms with Gasteiger partial charge in [0.25, 0.3) is 0 Å². The number of methoxy groups -OCH3 is 1. The number of rotatable bonds is 6. The van der Waals surface area contributed by atoms with Gasteiger partial charge < -0.3 is 14.7 Å². The Morgan fingerprint density at radius 1 is 1.14 bits per heavy atom. The molecule has 6 heteroatoms. The molecular weight excluding hydrogens is 382 g/mol. The van der Waals surface area contributed by atoms with Crippen molar-refractivity contribution in [2.75, 3.05) is 20.2 Å². The second-order valence-corrected chi connectivity index (χ2v) is 8.15. The molecule has 3 aromatic rings. The molecule has 0 amide bonds. The molecule has 0 fully saturated rings. The lowest BCUT2D eigenvalue weighted by Crippen LogP contribution is -2.28. The maximum Gasteiger partial charge on any atom is 0.135 e. The van der Waals surface area contributed by atoms with Crippen LogP contribution in [0.1, 0.15) is 15.4 Å². The highest BCUT2D eigenvalue weighted by Crippen LogP contribution is 2.35. The van der Waals surface area contributed by atoms with Gasteiger partial charge in [0.2, 0.25) is 0 Å². The lowest BCUT2D eigenvalue weighted by molar-refractivity contribution is 0.349. The zero-order valence-corrected chi connectivity index (χ0v) is 17.3. The van der Waals surface area contributed by atoms with Crippen LogP contribution >= 0.6 is 11.3 Å². The SMILES string of the molecule is COc1ccccc1CCN1CC(O)=C(c2nc(-c3ccccc3)c(C)s2)C1=N. The van der Waals surface area contributed by atoms with Crippen molar-refractivity contribution in [2.24, 2.45) is 0 Å². The molecule has 1 aliphatic heterocycles. The zero-order chi connectivity index (χ0) is 20.4. The standard InChI is InChI=1S/C23H23N3O2S/c1-15-21(17-9-4-3-5-10-17)25-23(29-15)20-18(27)14-26(22(20)24)13-12-16-8-6-7-11-19(16)28-2/h3-11,24,27H,12-14H2,1-2H3. The summed E-state index contributed by atoms with van der Waals surface area (Å²) in [6.07, 6.45) is 0.735. The van der Waals surface area contributed by atoms with Crippen LogP contribution in [0.25, 0.3) is 16.8 Å². The molecular formula is C23H23N3O2S. The summed E-state index contributed by atoms with van der Waals surface area (Å²) in [5.41, 5.74) is 3.59. The Hall–Kier alpha value is -3.12. The van der Waals surface area contributed by atoms with Gasteiger partial charge in [-0.05, 0) is 25.0 Å². The number of aromatic nitrogens is 1. The quantitative estimate of drug-likeness (QED) is 0.610. The molecule has 0 saturated heterocycles. The van der Waals surface area contributed by atoms with Crippen molar-refractivity contribution in [1.29, 1.82) is 5.41 Å². The minimum absolute atomic E-state index is 0.211. The molecule has 0 radical (unpaired) electrons. The van der Waals surface area contributed by atoms with Gasteiger partial charge in [0.1, 0.15) is 22.4 Å². The monoisotopic (exact) mass is 405 g/mol. The van der Waals surface area contributed by atoms with Crippen molar-refractivity contribution in [2.45, 2.75) is 13.3 Å². The van der Waals surface area contributed by atoms with Gasteiger partial charge >= 0.3 is 0 Å². The van der Waals surface area contributed by atoms with E-state index in [1.54, 1.807) is 7.11 Å². The number of thiazole rings is 1. The predicted octanol–water partition coefficient (Wildman–Crippen LogP) is 4.93. The number of amidine groups is 1. The van der Waals surface area contributed by atoms with E-state index < -0.39 is 0 Å². The van der Waals surface area contributed by atoms with Crippen molar-refractivity contribution in [3.8, 4) is 17.0 Å². The van der Waals surface area contributed by atoms with Crippen LogP contribution in [0, 0.1) is 12.3 Å². The van der Waals surface area contributed by atoms with E-state index in [0.717, 1.165) is 33.9 Å². The average Bonchev–Trinajstić information content (AvgIpc) is 3.25. The average molecular weight is 406 g/mol. The number of hydrogen-bond acceptors (Lipinski definition) is 5. The summed E-state index contributed by atoms with van der Waals surface area (Å²) < 4.78 is 5.42. The van der Waals surface area contributed by atoms with Gasteiger partial charge in [-0.1, -0.05) is 48.5 Å². The van der Waals surface area contributed by atoms with Gasteiger partial charge in [-0.3, -0.25) is 5.41 Å². The van der Waals surface area contributed by atoms with E-state index >= 15 is 0 Å². The van der Waals surface area contributed by atoms with Gasteiger partial charge in [0.15, 0.2) is 0 Å². The van der Waals surface area contributed by atoms with Gasteiger partial charge in [0, 0.05) is 17.0 Å². The molecule has 1 aromatic heterocycles. The molecule has 2 aromatic carbocycles. The van der Waals surface area contributed by atoms with Crippen LogP contribution in [-0.2, 0) is 6.42 Å². The van der Waals surface area contributed by atoms with E-state index in [2.05, 4.69) is 0 Å². The normalized spacial score (nSPS) is 14.0. The van der Waals surface area contributed by atoms with Gasteiger partial charge in [0.05, 0.1) is 24.9 Å². The third kappa shape index (κ3) is 3.76. The molecule has 0 saturated carbocycles. The van der Waals surface area contributed by atoms with Crippen LogP contribution in [0.4, 0.5) is 0 Å². The van der Waals surface area contributed by atoms with E-state index in [0.29, 0.717) is 29.5 Å². The van der Waals surface area contributed by atoms with Gasteiger partial charge in [-0.2, -0.15) is 0 Å². The lowest BCUT2D eigenvalue weighted by atomic mass is 10.1. The van der Waals surface area contributed by atoms with Crippen LogP contribution in [0.5, 0.6) is 5.75 Å². The van der Waals surface area contributed by atoms with Crippen LogP contribution in [-0.4, -0.2) is 41.0 Å². The first-order valence-corrected chi connectivity index (χ1v) is 10.3. The summed E-state index contributed by atoms with van der Waals surface area (Å²) in [4.78, 5) is 7.72. The molecule has 1 aliphatic rings. The Morgan fingerprint density at radius 2 is 1.86 bits per heavy atom. The summed E-state index contributed by atoms with van der Waals surface area (Å²) in [6, 6.07) is 17.9. The highest BCUT2D eigenvalue weighted by molar-refractivity contribution is 7.13. The second kappa shape index (κ2) is 8.09. The molecule has 0 spiro atoms. The maximum absolute atomic E-state index is 10.6. The first-order chi connectivity index (χ1) is 14.1. The topological polar surface area (TPSA) is 69.4 Å². The predicted molar refractivity (Wildman–Crippen MR) is 118 cm³/mol. The first kappa shape index (κ1) is 19.2. The maximum atomic E-state index is 10.6. The van der Waals surface area contributed by atoms with Crippen molar-refractivity contribution < 1.29 is 9.84 Å². The summed E-state index contributed by atoms with van der Waals surface area (Å²) in [5.74, 6) is 1.38. The van der Waals surface area contributed by atoms with Crippen molar-refractivity contribution in [1.82, 2.24) is 9.88 Å². The number of nitrogens with one attached hydrogen (secondary N) is 1. The lowest BCUT2D eigenvalue weighted by Gasteiger charge is -2.19. The van der Waals surface area contributed by atoms with Crippen molar-refractivity contribution >= 4 is 22.7 Å². The van der Waals surface area contributed by atoms with E-state index in [9.17, 15) is 5.11 Å². The highest BCUT2D eigenvalue weighted by atomic mass is 32.1. The summed E-state index contributed by atoms with van der Waals surface area (Å²) in [6.45, 7) is 2.99. The summed E-state index contributed by atoms with van der Waals surface area (Å²) in [5, 5.41) is 19.9. The smallest absolute Gasteiger partial charge is 0.135 e. The minimum Gasteiger partial charge on any atom is -0.510 e. The van der Waals surface area contributed by atoms with E-state index in [1.807, 2.05) is 66.4 Å². The van der Waals surface area contributed by atoms with Crippen LogP contribution in [0.15, 0.2) is 60.4 Å². The van der Waals surface area contributed by atoms with Gasteiger partial charge in [-0.25, -0.2) is 4.98 Å². The number of aliphatic hydroxyl groups excluding tert-OH is 1. The molecule has 2 N–H and O–H groups in total. The Labute approximate surface area is 174 Å². The van der Waals surface area contributed by atoms with E-state index in [1.165, 1.54) is 11.3 Å². The fourth-order valence-electron chi connectivity index (χ4n) is 3.58. The molecule has 0 unspecified atom stereocenters. The second-order valence-electron chi connectivity index (χ2n) is 6.94. The fourth-order valence-corrected chi connectivity index (χ4v) is 4.59. The summed E-state index contributed by atoms with van der Waals surface area (Å²) >= 11 is 1.52. The molecule has 29 heavy (non-hydrogen) atoms. The molecule has 0 atom stereocenters. The van der Waals surface area contributed by atoms with Crippen molar-refractivity contribution in [3.05, 3.63) is 75.8 Å². The largest absolute Gasteiger partial charge is 0.510 e. The number of benzene rings is 2. The van der Waals surface area contributed by atoms with Crippen molar-refractivity contribution in [3.63, 3.8) is 0 Å².